The van der Waals surface area contributed by atoms with Gasteiger partial charge in [0.25, 0.3) is 5.56 Å². The molecule has 4 aromatic rings. The van der Waals surface area contributed by atoms with Gasteiger partial charge in [-0.3, -0.25) is 14.2 Å². The summed E-state index contributed by atoms with van der Waals surface area (Å²) in [6.45, 7) is 1.55. The molecule has 148 valence electrons. The van der Waals surface area contributed by atoms with Crippen LogP contribution in [-0.4, -0.2) is 34.7 Å². The molecule has 8 nitrogen and oxygen atoms in total. The average Bonchev–Trinajstić information content (AvgIpc) is 3.09. The van der Waals surface area contributed by atoms with Crippen molar-refractivity contribution in [2.45, 2.75) is 13.5 Å². The third kappa shape index (κ3) is 3.52. The first-order chi connectivity index (χ1) is 14.0. The highest BCUT2D eigenvalue weighted by atomic mass is 32.1. The van der Waals surface area contributed by atoms with Gasteiger partial charge in [0.2, 0.25) is 5.91 Å². The molecule has 0 radical (unpaired) electrons. The third-order valence-electron chi connectivity index (χ3n) is 4.48. The molecule has 0 aliphatic rings. The van der Waals surface area contributed by atoms with Crippen molar-refractivity contribution >= 4 is 43.4 Å². The number of amides is 1. The molecule has 3 aromatic heterocycles. The quantitative estimate of drug-likeness (QED) is 0.544. The smallest absolute Gasteiger partial charge is 0.272 e. The van der Waals surface area contributed by atoms with Gasteiger partial charge in [-0.05, 0) is 19.1 Å². The largest absolute Gasteiger partial charge is 0.497 e. The predicted molar refractivity (Wildman–Crippen MR) is 112 cm³/mol. The second-order valence-electron chi connectivity index (χ2n) is 6.34. The fraction of sp³-hybridized carbons (Fsp3) is 0.200. The maximum Gasteiger partial charge on any atom is 0.272 e. The highest BCUT2D eigenvalue weighted by Crippen LogP contribution is 2.29. The van der Waals surface area contributed by atoms with E-state index in [0.29, 0.717) is 33.2 Å². The lowest BCUT2D eigenvalue weighted by Crippen LogP contribution is -2.29. The van der Waals surface area contributed by atoms with Crippen LogP contribution in [0.1, 0.15) is 5.82 Å². The second kappa shape index (κ2) is 7.51. The van der Waals surface area contributed by atoms with Crippen molar-refractivity contribution in [1.29, 1.82) is 0 Å². The van der Waals surface area contributed by atoms with Crippen LogP contribution in [0.5, 0.6) is 11.5 Å². The summed E-state index contributed by atoms with van der Waals surface area (Å²) in [4.78, 5) is 35.2. The predicted octanol–water partition coefficient (Wildman–Crippen LogP) is 2.97. The number of methoxy groups -OCH3 is 2. The summed E-state index contributed by atoms with van der Waals surface area (Å²) in [5.74, 6) is 1.21. The maximum atomic E-state index is 13.0. The van der Waals surface area contributed by atoms with Gasteiger partial charge in [-0.2, -0.15) is 0 Å². The van der Waals surface area contributed by atoms with E-state index in [1.807, 2.05) is 12.1 Å². The number of carbonyl (C=O) groups excluding carboxylic acids is 1. The number of aryl methyl sites for hydroxylation is 1. The van der Waals surface area contributed by atoms with Gasteiger partial charge in [-0.25, -0.2) is 9.97 Å². The zero-order valence-electron chi connectivity index (χ0n) is 16.1. The average molecular weight is 410 g/mol. The summed E-state index contributed by atoms with van der Waals surface area (Å²) in [5.41, 5.74) is 0.876. The van der Waals surface area contributed by atoms with Crippen molar-refractivity contribution in [2.75, 3.05) is 19.5 Å². The van der Waals surface area contributed by atoms with Crippen molar-refractivity contribution < 1.29 is 14.3 Å². The number of benzene rings is 1. The first-order valence-electron chi connectivity index (χ1n) is 8.77. The van der Waals surface area contributed by atoms with Crippen molar-refractivity contribution in [3.63, 3.8) is 0 Å². The van der Waals surface area contributed by atoms with Crippen LogP contribution >= 0.6 is 11.3 Å². The first-order valence-corrected chi connectivity index (χ1v) is 9.59. The van der Waals surface area contributed by atoms with Crippen LogP contribution < -0.4 is 20.3 Å². The molecule has 29 heavy (non-hydrogen) atoms. The van der Waals surface area contributed by atoms with E-state index in [9.17, 15) is 9.59 Å². The molecule has 1 amide bonds. The van der Waals surface area contributed by atoms with Gasteiger partial charge < -0.3 is 14.8 Å². The Hall–Kier alpha value is -3.46. The summed E-state index contributed by atoms with van der Waals surface area (Å²) in [5, 5.41) is 3.61. The van der Waals surface area contributed by atoms with Gasteiger partial charge >= 0.3 is 0 Å². The van der Waals surface area contributed by atoms with Gasteiger partial charge in [0, 0.05) is 35.5 Å². The minimum atomic E-state index is -0.356. The number of hydrogen-bond acceptors (Lipinski definition) is 7. The van der Waals surface area contributed by atoms with E-state index in [4.69, 9.17) is 9.47 Å². The first kappa shape index (κ1) is 18.9. The molecule has 3 heterocycles. The van der Waals surface area contributed by atoms with Crippen LogP contribution in [0, 0.1) is 6.92 Å². The Bertz CT molecular complexity index is 1270. The number of hydrogen-bond donors (Lipinski definition) is 1. The monoisotopic (exact) mass is 410 g/mol. The lowest BCUT2D eigenvalue weighted by molar-refractivity contribution is -0.116. The Kier molecular flexibility index (Phi) is 4.89. The molecular weight excluding hydrogens is 392 g/mol. The van der Waals surface area contributed by atoms with E-state index in [0.717, 1.165) is 10.2 Å². The number of ether oxygens (including phenoxy) is 2. The van der Waals surface area contributed by atoms with Crippen LogP contribution in [-0.2, 0) is 11.3 Å². The molecule has 0 saturated carbocycles. The van der Waals surface area contributed by atoms with E-state index in [1.54, 1.807) is 31.3 Å². The second-order valence-corrected chi connectivity index (χ2v) is 7.33. The molecule has 0 fully saturated rings. The van der Waals surface area contributed by atoms with E-state index >= 15 is 0 Å². The highest BCUT2D eigenvalue weighted by Gasteiger charge is 2.16. The van der Waals surface area contributed by atoms with Crippen molar-refractivity contribution in [3.8, 4) is 11.5 Å². The molecule has 4 rings (SSSR count). The number of pyridine rings is 1. The van der Waals surface area contributed by atoms with Gasteiger partial charge in [-0.1, -0.05) is 0 Å². The molecule has 0 atom stereocenters. The number of thiophene rings is 1. The molecule has 0 aliphatic heterocycles. The van der Waals surface area contributed by atoms with Crippen LogP contribution in [0.3, 0.4) is 0 Å². The highest BCUT2D eigenvalue weighted by molar-refractivity contribution is 7.25. The number of anilines is 1. The molecule has 1 aromatic carbocycles. The van der Waals surface area contributed by atoms with Gasteiger partial charge in [0.15, 0.2) is 0 Å². The molecule has 0 bridgehead atoms. The molecule has 0 unspecified atom stereocenters. The minimum Gasteiger partial charge on any atom is -0.497 e. The number of carbonyl (C=O) groups is 1. The normalized spacial score (nSPS) is 11.0. The molecule has 0 saturated heterocycles. The van der Waals surface area contributed by atoms with Gasteiger partial charge in [-0.15, -0.1) is 11.3 Å². The Labute approximate surface area is 169 Å². The van der Waals surface area contributed by atoms with Crippen LogP contribution in [0.2, 0.25) is 0 Å². The molecule has 0 spiro atoms. The van der Waals surface area contributed by atoms with Crippen molar-refractivity contribution in [1.82, 2.24) is 14.5 Å². The zero-order chi connectivity index (χ0) is 20.5. The van der Waals surface area contributed by atoms with E-state index in [2.05, 4.69) is 15.3 Å². The molecule has 0 aliphatic carbocycles. The number of nitrogens with one attached hydrogen (secondary N) is 1. The Balaban J connectivity index is 1.66. The maximum absolute atomic E-state index is 13.0. The Morgan fingerprint density at radius 2 is 1.93 bits per heavy atom. The summed E-state index contributed by atoms with van der Waals surface area (Å²) in [6.07, 6.45) is 1.68. The van der Waals surface area contributed by atoms with Crippen molar-refractivity contribution in [3.05, 3.63) is 52.7 Å². The number of rotatable bonds is 5. The van der Waals surface area contributed by atoms with Crippen LogP contribution in [0.25, 0.3) is 20.4 Å². The van der Waals surface area contributed by atoms with Crippen LogP contribution in [0.15, 0.2) is 41.3 Å². The Morgan fingerprint density at radius 3 is 2.62 bits per heavy atom. The number of aromatic nitrogens is 3. The topological polar surface area (TPSA) is 95.3 Å². The summed E-state index contributed by atoms with van der Waals surface area (Å²) in [6, 6.07) is 8.76. The molecule has 1 N–H and O–H groups in total. The van der Waals surface area contributed by atoms with E-state index < -0.39 is 0 Å². The summed E-state index contributed by atoms with van der Waals surface area (Å²) < 4.78 is 12.3. The van der Waals surface area contributed by atoms with Gasteiger partial charge in [0.1, 0.15) is 33.4 Å². The fourth-order valence-corrected chi connectivity index (χ4v) is 4.11. The SMILES string of the molecule is COc1cc(NC(=O)Cn2c(C)nc3c(sc4ncccc43)c2=O)cc(OC)c1. The van der Waals surface area contributed by atoms with Gasteiger partial charge in [0.05, 0.1) is 19.7 Å². The standard InChI is InChI=1S/C20H18N4O4S/c1-11-22-17-15-5-4-6-21-19(15)29-18(17)20(26)24(11)10-16(25)23-12-7-13(27-2)9-14(8-12)28-3/h4-9H,10H2,1-3H3,(H,23,25). The summed E-state index contributed by atoms with van der Waals surface area (Å²) in [7, 11) is 3.06. The molecule has 9 heteroatoms. The Morgan fingerprint density at radius 1 is 1.21 bits per heavy atom. The number of fused-ring (bicyclic) bond motifs is 3. The third-order valence-corrected chi connectivity index (χ3v) is 5.57. The van der Waals surface area contributed by atoms with Crippen molar-refractivity contribution in [2.24, 2.45) is 0 Å². The fourth-order valence-electron chi connectivity index (χ4n) is 3.08. The number of nitrogens with zero attached hydrogens (tertiary/aromatic N) is 3. The zero-order valence-corrected chi connectivity index (χ0v) is 16.9. The van der Waals surface area contributed by atoms with E-state index in [1.165, 1.54) is 30.1 Å². The lowest BCUT2D eigenvalue weighted by Gasteiger charge is -2.12. The van der Waals surface area contributed by atoms with E-state index in [-0.39, 0.29) is 18.0 Å². The van der Waals surface area contributed by atoms with Crippen LogP contribution in [0.4, 0.5) is 5.69 Å². The minimum absolute atomic E-state index is 0.158. The lowest BCUT2D eigenvalue weighted by atomic mass is 10.2. The summed E-state index contributed by atoms with van der Waals surface area (Å²) >= 11 is 1.28. The molecular formula is C20H18N4O4S.